The van der Waals surface area contributed by atoms with Crippen LogP contribution in [0, 0.1) is 5.92 Å². The Balaban J connectivity index is 1.85. The number of nitrogens with one attached hydrogen (secondary N) is 1. The summed E-state index contributed by atoms with van der Waals surface area (Å²) in [7, 11) is 0. The second-order valence-electron chi connectivity index (χ2n) is 9.52. The van der Waals surface area contributed by atoms with Gasteiger partial charge in [-0.05, 0) is 41.0 Å². The number of carbonyl (C=O) groups is 2. The second kappa shape index (κ2) is 13.5. The lowest BCUT2D eigenvalue weighted by Crippen LogP contribution is -2.51. The molecule has 3 rings (SSSR count). The van der Waals surface area contributed by atoms with Gasteiger partial charge in [-0.25, -0.2) is 0 Å². The first-order chi connectivity index (χ1) is 17.0. The van der Waals surface area contributed by atoms with E-state index in [1.807, 2.05) is 60.7 Å². The van der Waals surface area contributed by atoms with Crippen molar-refractivity contribution in [1.82, 2.24) is 10.2 Å². The van der Waals surface area contributed by atoms with E-state index in [4.69, 9.17) is 0 Å². The molecule has 0 heterocycles. The van der Waals surface area contributed by atoms with Crippen molar-refractivity contribution in [2.75, 3.05) is 6.54 Å². The van der Waals surface area contributed by atoms with Crippen LogP contribution in [0.3, 0.4) is 0 Å². The zero-order valence-corrected chi connectivity index (χ0v) is 21.2. The van der Waals surface area contributed by atoms with Gasteiger partial charge in [-0.15, -0.1) is 0 Å². The van der Waals surface area contributed by atoms with Crippen molar-refractivity contribution in [3.63, 3.8) is 0 Å². The highest BCUT2D eigenvalue weighted by Gasteiger charge is 2.30. The molecule has 1 N–H and O–H groups in total. The standard InChI is InChI=1S/C31H38N2O2/c1-4-25-15-17-26(18-16-25)19-20-30(34)33(23-28-13-9-6-10-14-28)29(31(35)32-22-24(2)3)21-27-11-7-5-8-12-27/h5-18,24,29H,4,19-23H2,1-3H3,(H,32,35)/t29-/m1/s1. The summed E-state index contributed by atoms with van der Waals surface area (Å²) in [5.74, 6) is 0.230. The van der Waals surface area contributed by atoms with Crippen LogP contribution in [-0.4, -0.2) is 29.3 Å². The fourth-order valence-electron chi connectivity index (χ4n) is 4.09. The molecular formula is C31H38N2O2. The molecule has 0 spiro atoms. The van der Waals surface area contributed by atoms with Crippen molar-refractivity contribution < 1.29 is 9.59 Å². The van der Waals surface area contributed by atoms with Crippen LogP contribution in [0.1, 0.15) is 49.4 Å². The summed E-state index contributed by atoms with van der Waals surface area (Å²) >= 11 is 0. The molecule has 0 saturated carbocycles. The Morgan fingerprint density at radius 3 is 1.91 bits per heavy atom. The summed E-state index contributed by atoms with van der Waals surface area (Å²) in [4.78, 5) is 28.9. The molecule has 3 aromatic rings. The summed E-state index contributed by atoms with van der Waals surface area (Å²) in [6.07, 6.45) is 2.49. The number of aryl methyl sites for hydroxylation is 2. The Morgan fingerprint density at radius 2 is 1.34 bits per heavy atom. The van der Waals surface area contributed by atoms with Gasteiger partial charge >= 0.3 is 0 Å². The molecule has 0 aliphatic carbocycles. The average Bonchev–Trinajstić information content (AvgIpc) is 2.89. The van der Waals surface area contributed by atoms with E-state index in [0.29, 0.717) is 38.3 Å². The van der Waals surface area contributed by atoms with Crippen molar-refractivity contribution in [2.45, 2.75) is 59.0 Å². The van der Waals surface area contributed by atoms with Crippen LogP contribution in [-0.2, 0) is 35.4 Å². The van der Waals surface area contributed by atoms with Gasteiger partial charge in [-0.3, -0.25) is 9.59 Å². The van der Waals surface area contributed by atoms with Crippen LogP contribution in [0.2, 0.25) is 0 Å². The lowest BCUT2D eigenvalue weighted by molar-refractivity contribution is -0.141. The largest absolute Gasteiger partial charge is 0.354 e. The third-order valence-corrected chi connectivity index (χ3v) is 6.21. The maximum absolute atomic E-state index is 13.7. The fourth-order valence-corrected chi connectivity index (χ4v) is 4.09. The van der Waals surface area contributed by atoms with Gasteiger partial charge < -0.3 is 10.2 Å². The summed E-state index contributed by atoms with van der Waals surface area (Å²) in [6, 6.07) is 27.7. The van der Waals surface area contributed by atoms with E-state index >= 15 is 0 Å². The minimum atomic E-state index is -0.577. The monoisotopic (exact) mass is 470 g/mol. The van der Waals surface area contributed by atoms with E-state index in [2.05, 4.69) is 50.4 Å². The van der Waals surface area contributed by atoms with Crippen LogP contribution in [0.15, 0.2) is 84.9 Å². The van der Waals surface area contributed by atoms with E-state index < -0.39 is 6.04 Å². The quantitative estimate of drug-likeness (QED) is 0.375. The summed E-state index contributed by atoms with van der Waals surface area (Å²) in [5, 5.41) is 3.08. The SMILES string of the molecule is CCc1ccc(CCC(=O)N(Cc2ccccc2)[C@H](Cc2ccccc2)C(=O)NCC(C)C)cc1. The molecule has 0 unspecified atom stereocenters. The number of carbonyl (C=O) groups excluding carboxylic acids is 2. The first kappa shape index (κ1) is 26.2. The van der Waals surface area contributed by atoms with Gasteiger partial charge in [0.1, 0.15) is 6.04 Å². The predicted octanol–water partition coefficient (Wildman–Crippen LogP) is 5.59. The van der Waals surface area contributed by atoms with Gasteiger partial charge in [0.05, 0.1) is 0 Å². The maximum Gasteiger partial charge on any atom is 0.243 e. The van der Waals surface area contributed by atoms with Gasteiger partial charge in [0, 0.05) is 25.9 Å². The lowest BCUT2D eigenvalue weighted by Gasteiger charge is -2.32. The minimum absolute atomic E-state index is 0.00551. The van der Waals surface area contributed by atoms with Crippen LogP contribution in [0.4, 0.5) is 0 Å². The summed E-state index contributed by atoms with van der Waals surface area (Å²) in [5.41, 5.74) is 4.48. The van der Waals surface area contributed by atoms with E-state index in [0.717, 1.165) is 23.1 Å². The highest BCUT2D eigenvalue weighted by Crippen LogP contribution is 2.17. The van der Waals surface area contributed by atoms with Crippen LogP contribution in [0.25, 0.3) is 0 Å². The van der Waals surface area contributed by atoms with Gasteiger partial charge in [0.2, 0.25) is 11.8 Å². The highest BCUT2D eigenvalue weighted by atomic mass is 16.2. The smallest absolute Gasteiger partial charge is 0.243 e. The second-order valence-corrected chi connectivity index (χ2v) is 9.52. The molecule has 0 aliphatic heterocycles. The molecule has 0 fully saturated rings. The van der Waals surface area contributed by atoms with Crippen molar-refractivity contribution in [3.8, 4) is 0 Å². The summed E-state index contributed by atoms with van der Waals surface area (Å²) in [6.45, 7) is 7.27. The molecule has 0 saturated heterocycles. The minimum Gasteiger partial charge on any atom is -0.354 e. The van der Waals surface area contributed by atoms with E-state index in [1.165, 1.54) is 5.56 Å². The Labute approximate surface area is 210 Å². The molecule has 4 nitrogen and oxygen atoms in total. The molecule has 184 valence electrons. The fraction of sp³-hybridized carbons (Fsp3) is 0.355. The summed E-state index contributed by atoms with van der Waals surface area (Å²) < 4.78 is 0. The molecule has 0 radical (unpaired) electrons. The third-order valence-electron chi connectivity index (χ3n) is 6.21. The zero-order valence-electron chi connectivity index (χ0n) is 21.2. The van der Waals surface area contributed by atoms with Crippen molar-refractivity contribution in [3.05, 3.63) is 107 Å². The molecule has 0 aliphatic rings. The van der Waals surface area contributed by atoms with Crippen LogP contribution >= 0.6 is 0 Å². The zero-order chi connectivity index (χ0) is 25.0. The van der Waals surface area contributed by atoms with E-state index in [1.54, 1.807) is 4.90 Å². The molecule has 3 aromatic carbocycles. The van der Waals surface area contributed by atoms with Crippen molar-refractivity contribution in [2.24, 2.45) is 5.92 Å². The first-order valence-electron chi connectivity index (χ1n) is 12.7. The normalized spacial score (nSPS) is 11.8. The third kappa shape index (κ3) is 8.40. The Morgan fingerprint density at radius 1 is 0.771 bits per heavy atom. The van der Waals surface area contributed by atoms with E-state index in [-0.39, 0.29) is 11.8 Å². The van der Waals surface area contributed by atoms with Crippen molar-refractivity contribution in [1.29, 1.82) is 0 Å². The van der Waals surface area contributed by atoms with E-state index in [9.17, 15) is 9.59 Å². The Kier molecular flexibility index (Phi) is 10.1. The van der Waals surface area contributed by atoms with Crippen LogP contribution < -0.4 is 5.32 Å². The number of benzene rings is 3. The Bertz CT molecular complexity index is 1050. The maximum atomic E-state index is 13.7. The van der Waals surface area contributed by atoms with Crippen molar-refractivity contribution >= 4 is 11.8 Å². The topological polar surface area (TPSA) is 49.4 Å². The van der Waals surface area contributed by atoms with Gasteiger partial charge in [0.25, 0.3) is 0 Å². The Hall–Kier alpha value is -3.40. The molecule has 0 bridgehead atoms. The molecule has 2 amide bonds. The number of rotatable bonds is 12. The number of nitrogens with zero attached hydrogens (tertiary/aromatic N) is 1. The molecule has 4 heteroatoms. The number of hydrogen-bond donors (Lipinski definition) is 1. The average molecular weight is 471 g/mol. The number of hydrogen-bond acceptors (Lipinski definition) is 2. The molecule has 0 aromatic heterocycles. The lowest BCUT2D eigenvalue weighted by atomic mass is 10.0. The molecule has 35 heavy (non-hydrogen) atoms. The van der Waals surface area contributed by atoms with Gasteiger partial charge in [-0.2, -0.15) is 0 Å². The molecule has 1 atom stereocenters. The number of amides is 2. The highest BCUT2D eigenvalue weighted by molar-refractivity contribution is 5.88. The first-order valence-corrected chi connectivity index (χ1v) is 12.7. The van der Waals surface area contributed by atoms with Crippen LogP contribution in [0.5, 0.6) is 0 Å². The van der Waals surface area contributed by atoms with Gasteiger partial charge in [-0.1, -0.05) is 106 Å². The molecular weight excluding hydrogens is 432 g/mol. The van der Waals surface area contributed by atoms with Gasteiger partial charge in [0.15, 0.2) is 0 Å². The predicted molar refractivity (Wildman–Crippen MR) is 143 cm³/mol.